The Balaban J connectivity index is 1.56. The number of nitrogens with one attached hydrogen (secondary N) is 1. The van der Waals surface area contributed by atoms with Gasteiger partial charge in [0.25, 0.3) is 5.91 Å². The van der Waals surface area contributed by atoms with Crippen LogP contribution in [0.4, 0.5) is 13.2 Å². The first-order chi connectivity index (χ1) is 13.5. The van der Waals surface area contributed by atoms with E-state index in [4.69, 9.17) is 23.2 Å². The molecule has 0 spiro atoms. The van der Waals surface area contributed by atoms with E-state index in [0.717, 1.165) is 36.1 Å². The lowest BCUT2D eigenvalue weighted by molar-refractivity contribution is -0.140. The molecule has 0 unspecified atom stereocenters. The van der Waals surface area contributed by atoms with Crippen molar-refractivity contribution in [3.63, 3.8) is 0 Å². The number of rotatable bonds is 4. The van der Waals surface area contributed by atoms with Crippen LogP contribution in [0.2, 0.25) is 10.0 Å². The van der Waals surface area contributed by atoms with Crippen LogP contribution in [-0.2, 0) is 4.79 Å². The van der Waals surface area contributed by atoms with Crippen LogP contribution < -0.4 is 5.32 Å². The molecule has 0 saturated heterocycles. The predicted molar refractivity (Wildman–Crippen MR) is 106 cm³/mol. The van der Waals surface area contributed by atoms with Crippen LogP contribution in [-0.4, -0.2) is 41.2 Å². The lowest BCUT2D eigenvalue weighted by Crippen LogP contribution is -2.39. The Bertz CT molecular complexity index is 847. The van der Waals surface area contributed by atoms with E-state index < -0.39 is 24.4 Å². The van der Waals surface area contributed by atoms with E-state index >= 15 is 0 Å². The van der Waals surface area contributed by atoms with Crippen molar-refractivity contribution in [1.82, 2.24) is 10.2 Å². The number of aliphatic hydroxyl groups excluding tert-OH is 1. The quantitative estimate of drug-likeness (QED) is 0.653. The fourth-order valence-corrected chi connectivity index (χ4v) is 4.15. The van der Waals surface area contributed by atoms with Crippen molar-refractivity contribution in [1.29, 1.82) is 0 Å². The van der Waals surface area contributed by atoms with Gasteiger partial charge in [0.1, 0.15) is 12.3 Å². The van der Waals surface area contributed by atoms with Gasteiger partial charge in [-0.15, -0.1) is 0 Å². The van der Waals surface area contributed by atoms with E-state index in [9.17, 15) is 23.1 Å². The van der Waals surface area contributed by atoms with Crippen LogP contribution in [0.3, 0.4) is 0 Å². The maximum Gasteiger partial charge on any atom is 0.405 e. The molecule has 4 nitrogen and oxygen atoms in total. The fraction of sp³-hybridized carbons (Fsp3) is 0.450. The minimum Gasteiger partial charge on any atom is -0.505 e. The van der Waals surface area contributed by atoms with Gasteiger partial charge >= 0.3 is 6.18 Å². The summed E-state index contributed by atoms with van der Waals surface area (Å²) in [5.74, 6) is -0.721. The summed E-state index contributed by atoms with van der Waals surface area (Å²) in [4.78, 5) is 13.4. The highest BCUT2D eigenvalue weighted by Gasteiger charge is 2.38. The number of hydrogen-bond acceptors (Lipinski definition) is 3. The average Bonchev–Trinajstić information content (AvgIpc) is 2.92. The molecule has 1 heterocycles. The lowest BCUT2D eigenvalue weighted by atomic mass is 9.81. The molecule has 0 aromatic heterocycles. The van der Waals surface area contributed by atoms with Crippen molar-refractivity contribution in [3.8, 4) is 0 Å². The number of amides is 1. The van der Waals surface area contributed by atoms with Gasteiger partial charge in [-0.05, 0) is 49.3 Å². The third kappa shape index (κ3) is 5.20. The monoisotopic (exact) mass is 448 g/mol. The van der Waals surface area contributed by atoms with E-state index in [0.29, 0.717) is 16.0 Å². The summed E-state index contributed by atoms with van der Waals surface area (Å²) in [6.07, 6.45) is -1.34. The Labute approximate surface area is 177 Å². The maximum atomic E-state index is 12.6. The van der Waals surface area contributed by atoms with Crippen molar-refractivity contribution < 1.29 is 23.1 Å². The van der Waals surface area contributed by atoms with Gasteiger partial charge in [-0.2, -0.15) is 13.2 Å². The number of nitrogens with zero attached hydrogens (tertiary/aromatic N) is 1. The summed E-state index contributed by atoms with van der Waals surface area (Å²) in [6, 6.07) is 5.46. The predicted octanol–water partition coefficient (Wildman–Crippen LogP) is 5.34. The minimum atomic E-state index is -4.45. The van der Waals surface area contributed by atoms with Crippen molar-refractivity contribution in [2.75, 3.05) is 13.1 Å². The third-order valence-corrected chi connectivity index (χ3v) is 6.15. The van der Waals surface area contributed by atoms with Crippen LogP contribution in [0.5, 0.6) is 0 Å². The second-order valence-electron chi connectivity index (χ2n) is 7.44. The zero-order valence-corrected chi connectivity index (χ0v) is 17.0. The molecule has 2 N–H and O–H groups in total. The molecule has 158 valence electrons. The Morgan fingerprint density at radius 1 is 1.21 bits per heavy atom. The van der Waals surface area contributed by atoms with Crippen LogP contribution in [0, 0.1) is 0 Å². The molecule has 0 bridgehead atoms. The largest absolute Gasteiger partial charge is 0.505 e. The molecular formula is C20H21Cl2F3N2O2. The molecule has 9 heteroatoms. The first kappa shape index (κ1) is 21.8. The van der Waals surface area contributed by atoms with Crippen molar-refractivity contribution in [2.45, 2.75) is 43.8 Å². The highest BCUT2D eigenvalue weighted by molar-refractivity contribution is 6.42. The molecule has 1 aliphatic heterocycles. The molecule has 1 saturated carbocycles. The third-order valence-electron chi connectivity index (χ3n) is 5.41. The van der Waals surface area contributed by atoms with Gasteiger partial charge in [-0.3, -0.25) is 4.79 Å². The molecule has 29 heavy (non-hydrogen) atoms. The van der Waals surface area contributed by atoms with Gasteiger partial charge in [-0.25, -0.2) is 0 Å². The van der Waals surface area contributed by atoms with Gasteiger partial charge in [0.05, 0.1) is 27.9 Å². The van der Waals surface area contributed by atoms with Crippen LogP contribution >= 0.6 is 23.2 Å². The molecule has 3 rings (SSSR count). The number of benzene rings is 1. The highest BCUT2D eigenvalue weighted by atomic mass is 35.5. The Kier molecular flexibility index (Phi) is 6.39. The van der Waals surface area contributed by atoms with E-state index in [1.54, 1.807) is 6.07 Å². The standard InChI is InChI=1S/C20H21Cl2F3N2O2/c1-11-18(28)15(9-27(11)10-20(23,24)25)19(29)26-14-5-2-12(3-6-14)13-4-7-16(21)17(22)8-13/h4,7-8,12,14,28H,1-3,5-6,9-10H2,(H,26,29)/t12-,14+. The van der Waals surface area contributed by atoms with Gasteiger partial charge in [-0.1, -0.05) is 35.8 Å². The summed E-state index contributed by atoms with van der Waals surface area (Å²) < 4.78 is 37.9. The molecule has 1 fully saturated rings. The van der Waals surface area contributed by atoms with Gasteiger partial charge in [0, 0.05) is 6.04 Å². The van der Waals surface area contributed by atoms with Gasteiger partial charge in [0.2, 0.25) is 0 Å². The Morgan fingerprint density at radius 3 is 2.45 bits per heavy atom. The van der Waals surface area contributed by atoms with Gasteiger partial charge < -0.3 is 15.3 Å². The van der Waals surface area contributed by atoms with E-state index in [-0.39, 0.29) is 23.9 Å². The molecule has 1 amide bonds. The summed E-state index contributed by atoms with van der Waals surface area (Å²) in [6.45, 7) is 1.88. The number of alkyl halides is 3. The van der Waals surface area contributed by atoms with Crippen molar-refractivity contribution in [3.05, 3.63) is 57.4 Å². The first-order valence-electron chi connectivity index (χ1n) is 9.24. The zero-order valence-electron chi connectivity index (χ0n) is 15.5. The molecule has 0 radical (unpaired) electrons. The fourth-order valence-electron chi connectivity index (χ4n) is 3.84. The highest BCUT2D eigenvalue weighted by Crippen LogP contribution is 2.36. The van der Waals surface area contributed by atoms with Crippen LogP contribution in [0.15, 0.2) is 41.8 Å². The second-order valence-corrected chi connectivity index (χ2v) is 8.26. The van der Waals surface area contributed by atoms with E-state index in [2.05, 4.69) is 11.9 Å². The minimum absolute atomic E-state index is 0.0779. The lowest BCUT2D eigenvalue weighted by Gasteiger charge is -2.29. The molecule has 2 aliphatic rings. The molecule has 0 atom stereocenters. The summed E-state index contributed by atoms with van der Waals surface area (Å²) >= 11 is 12.0. The molecule has 1 aliphatic carbocycles. The van der Waals surface area contributed by atoms with E-state index in [1.165, 1.54) is 0 Å². The SMILES string of the molecule is C=C1C(O)=C(C(=O)N[C@H]2CC[C@@H](c3ccc(Cl)c(Cl)c3)CC2)CN1CC(F)(F)F. The smallest absolute Gasteiger partial charge is 0.405 e. The number of carbonyl (C=O) groups is 1. The number of aliphatic hydroxyl groups is 1. The molecule has 1 aromatic rings. The van der Waals surface area contributed by atoms with Crippen molar-refractivity contribution in [2.24, 2.45) is 0 Å². The topological polar surface area (TPSA) is 52.6 Å². The average molecular weight is 449 g/mol. The number of carbonyl (C=O) groups excluding carboxylic acids is 1. The summed E-state index contributed by atoms with van der Waals surface area (Å²) in [7, 11) is 0. The molecular weight excluding hydrogens is 428 g/mol. The summed E-state index contributed by atoms with van der Waals surface area (Å²) in [5.41, 5.74) is 0.834. The zero-order chi connectivity index (χ0) is 21.3. The van der Waals surface area contributed by atoms with Crippen molar-refractivity contribution >= 4 is 29.1 Å². The second kappa shape index (κ2) is 8.48. The first-order valence-corrected chi connectivity index (χ1v) is 9.99. The maximum absolute atomic E-state index is 12.6. The summed E-state index contributed by atoms with van der Waals surface area (Å²) in [5, 5.41) is 13.9. The molecule has 1 aromatic carbocycles. The normalized spacial score (nSPS) is 22.9. The number of halogens is 5. The van der Waals surface area contributed by atoms with Crippen LogP contribution in [0.1, 0.15) is 37.2 Å². The number of hydrogen-bond donors (Lipinski definition) is 2. The van der Waals surface area contributed by atoms with Crippen LogP contribution in [0.25, 0.3) is 0 Å². The van der Waals surface area contributed by atoms with E-state index in [1.807, 2.05) is 12.1 Å². The Hall–Kier alpha value is -1.86. The Morgan fingerprint density at radius 2 is 1.86 bits per heavy atom. The van der Waals surface area contributed by atoms with Gasteiger partial charge in [0.15, 0.2) is 0 Å².